The minimum Gasteiger partial charge on any atom is -0.684 e. The number of rotatable bonds is 3. The molecule has 2 aromatic rings. The van der Waals surface area contributed by atoms with Crippen LogP contribution in [0.2, 0.25) is 0 Å². The van der Waals surface area contributed by atoms with Crippen molar-refractivity contribution < 1.29 is 51.8 Å². The number of aryl methyl sites for hydroxylation is 1. The molecule has 0 aliphatic carbocycles. The van der Waals surface area contributed by atoms with Gasteiger partial charge in [0.25, 0.3) is 5.78 Å². The number of ketones is 1. The van der Waals surface area contributed by atoms with Crippen LogP contribution >= 0.6 is 0 Å². The number of carboxylic acid groups (broad SMARTS) is 1. The maximum Gasteiger partial charge on any atom is 0.377 e. The monoisotopic (exact) mass is 397 g/mol. The Morgan fingerprint density at radius 3 is 2.35 bits per heavy atom. The van der Waals surface area contributed by atoms with Gasteiger partial charge < -0.3 is 20.7 Å². The molecule has 2 rings (SSSR count). The predicted octanol–water partition coefficient (Wildman–Crippen LogP) is 1.15. The minimum absolute atomic E-state index is 0. The standard InChI is InChI=1S/C13H11FN2O4.CH5N.Y/c1-15-9-4-10-6(3-8(9)14)11(17)7(5-16(10)2)12(18)13(19)20;1-2;/h3-5H,1-2H3,(H2,15,17,19,20);2H2,1H3;/p-1. The van der Waals surface area contributed by atoms with Crippen molar-refractivity contribution in [1.29, 1.82) is 0 Å². The molecular formula is C14H15FN3O4Y-. The number of hydrogen-bond donors (Lipinski definition) is 2. The first-order valence-electron chi connectivity index (χ1n) is 6.15. The van der Waals surface area contributed by atoms with Gasteiger partial charge >= 0.3 is 5.97 Å². The number of hydrogen-bond acceptors (Lipinski definition) is 4. The van der Waals surface area contributed by atoms with Gasteiger partial charge in [-0.25, -0.2) is 9.18 Å². The van der Waals surface area contributed by atoms with Crippen LogP contribution in [0.4, 0.5) is 10.1 Å². The first-order valence-corrected chi connectivity index (χ1v) is 6.15. The number of carbonyl (C=O) groups excluding carboxylic acids is 1. The first-order chi connectivity index (χ1) is 10.4. The molecule has 7 nitrogen and oxygen atoms in total. The molecule has 121 valence electrons. The van der Waals surface area contributed by atoms with Gasteiger partial charge in [0, 0.05) is 51.3 Å². The van der Waals surface area contributed by atoms with E-state index in [2.05, 4.69) is 11.1 Å². The van der Waals surface area contributed by atoms with E-state index in [9.17, 15) is 18.8 Å². The number of carbonyl (C=O) groups is 2. The molecule has 0 unspecified atom stereocenters. The Balaban J connectivity index is 0.00000155. The summed E-state index contributed by atoms with van der Waals surface area (Å²) in [5.74, 6) is -3.77. The van der Waals surface area contributed by atoms with Gasteiger partial charge in [0.15, 0.2) is 0 Å². The summed E-state index contributed by atoms with van der Waals surface area (Å²) in [4.78, 5) is 34.2. The van der Waals surface area contributed by atoms with E-state index in [1.807, 2.05) is 0 Å². The van der Waals surface area contributed by atoms with Gasteiger partial charge in [-0.05, 0) is 19.2 Å². The molecule has 0 bridgehead atoms. The summed E-state index contributed by atoms with van der Waals surface area (Å²) in [6, 6.07) is 2.32. The Labute approximate surface area is 156 Å². The summed E-state index contributed by atoms with van der Waals surface area (Å²) >= 11 is 0. The maximum absolute atomic E-state index is 13.7. The summed E-state index contributed by atoms with van der Waals surface area (Å²) in [7, 11) is 4.43. The van der Waals surface area contributed by atoms with E-state index in [0.29, 0.717) is 5.52 Å². The van der Waals surface area contributed by atoms with Crippen LogP contribution < -0.4 is 11.2 Å². The number of pyridine rings is 1. The first kappa shape index (κ1) is 21.4. The van der Waals surface area contributed by atoms with E-state index in [0.717, 1.165) is 12.3 Å². The normalized spacial score (nSPS) is 9.43. The Morgan fingerprint density at radius 1 is 1.30 bits per heavy atom. The van der Waals surface area contributed by atoms with Gasteiger partial charge in [-0.1, -0.05) is 0 Å². The number of benzene rings is 1. The van der Waals surface area contributed by atoms with Crippen LogP contribution in [-0.2, 0) is 44.6 Å². The van der Waals surface area contributed by atoms with Crippen LogP contribution in [0.25, 0.3) is 16.2 Å². The molecular weight excluding hydrogens is 382 g/mol. The van der Waals surface area contributed by atoms with Gasteiger partial charge in [-0.15, -0.1) is 12.7 Å². The zero-order valence-corrected chi connectivity index (χ0v) is 15.7. The molecule has 0 aliphatic heterocycles. The molecule has 23 heavy (non-hydrogen) atoms. The minimum atomic E-state index is -1.73. The Kier molecular flexibility index (Phi) is 8.23. The Hall–Kier alpha value is -1.64. The van der Waals surface area contributed by atoms with E-state index in [1.54, 1.807) is 0 Å². The van der Waals surface area contributed by atoms with Crippen molar-refractivity contribution in [3.8, 4) is 0 Å². The average Bonchev–Trinajstić information content (AvgIpc) is 2.51. The molecule has 0 fully saturated rings. The predicted molar refractivity (Wildman–Crippen MR) is 80.2 cm³/mol. The van der Waals surface area contributed by atoms with Crippen molar-refractivity contribution in [2.24, 2.45) is 12.8 Å². The van der Waals surface area contributed by atoms with E-state index in [4.69, 9.17) is 5.11 Å². The van der Waals surface area contributed by atoms with Gasteiger partial charge in [0.2, 0.25) is 5.43 Å². The van der Waals surface area contributed by atoms with E-state index >= 15 is 0 Å². The van der Waals surface area contributed by atoms with Crippen molar-refractivity contribution in [1.82, 2.24) is 4.57 Å². The molecule has 0 atom stereocenters. The molecule has 3 N–H and O–H groups in total. The quantitative estimate of drug-likeness (QED) is 0.596. The second kappa shape index (κ2) is 8.86. The van der Waals surface area contributed by atoms with Crippen LogP contribution in [-0.4, -0.2) is 35.5 Å². The molecule has 9 heteroatoms. The Bertz CT molecular complexity index is 805. The van der Waals surface area contributed by atoms with E-state index in [1.165, 1.54) is 31.8 Å². The van der Waals surface area contributed by atoms with Gasteiger partial charge in [0.1, 0.15) is 5.82 Å². The number of nitrogens with two attached hydrogens (primary N) is 1. The average molecular weight is 397 g/mol. The maximum atomic E-state index is 13.7. The smallest absolute Gasteiger partial charge is 0.377 e. The van der Waals surface area contributed by atoms with Crippen molar-refractivity contribution in [3.63, 3.8) is 0 Å². The molecule has 1 aromatic heterocycles. The molecule has 0 saturated heterocycles. The fraction of sp³-hybridized carbons (Fsp3) is 0.214. The van der Waals surface area contributed by atoms with E-state index < -0.39 is 28.6 Å². The number of halogens is 1. The van der Waals surface area contributed by atoms with Crippen LogP contribution in [0.1, 0.15) is 10.4 Å². The number of aromatic nitrogens is 1. The molecule has 1 heterocycles. The summed E-state index contributed by atoms with van der Waals surface area (Å²) in [6.45, 7) is 0. The van der Waals surface area contributed by atoms with Crippen LogP contribution in [0.5, 0.6) is 0 Å². The molecule has 0 saturated carbocycles. The number of Topliss-reactive ketones (excluding diaryl/α,β-unsaturated/α-hetero) is 1. The second-order valence-electron chi connectivity index (χ2n) is 4.16. The number of aliphatic carboxylic acids is 1. The fourth-order valence-corrected chi connectivity index (χ4v) is 1.94. The number of carboxylic acids is 1. The third-order valence-electron chi connectivity index (χ3n) is 2.94. The van der Waals surface area contributed by atoms with Crippen molar-refractivity contribution in [2.45, 2.75) is 0 Å². The second-order valence-corrected chi connectivity index (χ2v) is 4.16. The van der Waals surface area contributed by atoms with Crippen LogP contribution in [0, 0.1) is 5.82 Å². The summed E-state index contributed by atoms with van der Waals surface area (Å²) < 4.78 is 15.1. The summed E-state index contributed by atoms with van der Waals surface area (Å²) in [5.41, 5.74) is 3.61. The van der Waals surface area contributed by atoms with Crippen LogP contribution in [0.3, 0.4) is 0 Å². The van der Waals surface area contributed by atoms with Crippen molar-refractivity contribution >= 4 is 28.3 Å². The number of fused-ring (bicyclic) bond motifs is 1. The summed E-state index contributed by atoms with van der Waals surface area (Å²) in [5, 5.41) is 12.3. The SMILES string of the molecule is CN.C[N-]c1cc2c(cc1F)c(=O)c(C(=O)C(=O)O)cn2C.[Y]. The molecule has 0 aliphatic rings. The van der Waals surface area contributed by atoms with E-state index in [-0.39, 0.29) is 43.8 Å². The third-order valence-corrected chi connectivity index (χ3v) is 2.94. The van der Waals surface area contributed by atoms with Gasteiger partial charge in [-0.3, -0.25) is 9.59 Å². The third kappa shape index (κ3) is 4.22. The zero-order valence-electron chi connectivity index (χ0n) is 12.8. The van der Waals surface area contributed by atoms with Crippen LogP contribution in [0.15, 0.2) is 23.1 Å². The molecule has 0 amide bonds. The topological polar surface area (TPSA) is 116 Å². The summed E-state index contributed by atoms with van der Waals surface area (Å²) in [6.07, 6.45) is 1.12. The van der Waals surface area contributed by atoms with Gasteiger partial charge in [0.05, 0.1) is 11.1 Å². The largest absolute Gasteiger partial charge is 0.684 e. The van der Waals surface area contributed by atoms with Crippen molar-refractivity contribution in [2.75, 3.05) is 14.1 Å². The zero-order chi connectivity index (χ0) is 17.0. The fourth-order valence-electron chi connectivity index (χ4n) is 1.94. The van der Waals surface area contributed by atoms with Gasteiger partial charge in [-0.2, -0.15) is 0 Å². The number of nitrogens with zero attached hydrogens (tertiary/aromatic N) is 2. The molecule has 1 radical (unpaired) electrons. The molecule has 0 spiro atoms. The molecule has 1 aromatic carbocycles. The Morgan fingerprint density at radius 2 is 1.87 bits per heavy atom. The van der Waals surface area contributed by atoms with Crippen molar-refractivity contribution in [3.05, 3.63) is 45.3 Å².